The quantitative estimate of drug-likeness (QED) is 0.665. The minimum atomic E-state index is -0.166. The van der Waals surface area contributed by atoms with Crippen molar-refractivity contribution in [3.05, 3.63) is 12.2 Å². The number of nitrogens with two attached hydrogens (primary N) is 1. The maximum atomic E-state index is 12.3. The van der Waals surface area contributed by atoms with Crippen molar-refractivity contribution in [2.24, 2.45) is 11.7 Å². The summed E-state index contributed by atoms with van der Waals surface area (Å²) in [4.78, 5) is 25.7. The largest absolute Gasteiger partial charge is 0.355 e. The highest BCUT2D eigenvalue weighted by Crippen LogP contribution is 2.19. The topological polar surface area (TPSA) is 75.4 Å². The molecule has 108 valence electrons. The highest BCUT2D eigenvalue weighted by molar-refractivity contribution is 5.87. The molecule has 1 aliphatic carbocycles. The van der Waals surface area contributed by atoms with Gasteiger partial charge in [-0.2, -0.15) is 0 Å². The van der Waals surface area contributed by atoms with Crippen LogP contribution >= 0.6 is 0 Å². The summed E-state index contributed by atoms with van der Waals surface area (Å²) in [7, 11) is 0. The molecule has 5 nitrogen and oxygen atoms in total. The van der Waals surface area contributed by atoms with Crippen LogP contribution < -0.4 is 11.1 Å². The summed E-state index contributed by atoms with van der Waals surface area (Å²) < 4.78 is 0. The molecule has 0 aromatic carbocycles. The van der Waals surface area contributed by atoms with E-state index in [0.717, 1.165) is 12.8 Å². The van der Waals surface area contributed by atoms with E-state index in [1.165, 1.54) is 0 Å². The summed E-state index contributed by atoms with van der Waals surface area (Å²) >= 11 is 0. The second-order valence-electron chi connectivity index (χ2n) is 5.00. The fourth-order valence-corrected chi connectivity index (χ4v) is 2.18. The van der Waals surface area contributed by atoms with Crippen molar-refractivity contribution >= 4 is 11.8 Å². The van der Waals surface area contributed by atoms with Crippen LogP contribution in [0.25, 0.3) is 0 Å². The first kappa shape index (κ1) is 15.7. The molecule has 1 rings (SSSR count). The summed E-state index contributed by atoms with van der Waals surface area (Å²) in [5.74, 6) is -0.242. The van der Waals surface area contributed by atoms with Crippen LogP contribution in [0.3, 0.4) is 0 Å². The highest BCUT2D eigenvalue weighted by Gasteiger charge is 2.27. The summed E-state index contributed by atoms with van der Waals surface area (Å²) in [6, 6.07) is -0.0358. The Hall–Kier alpha value is -1.36. The Balaban J connectivity index is 2.53. The first-order valence-corrected chi connectivity index (χ1v) is 7.07. The molecule has 2 unspecified atom stereocenters. The van der Waals surface area contributed by atoms with E-state index >= 15 is 0 Å². The van der Waals surface area contributed by atoms with Crippen molar-refractivity contribution in [3.8, 4) is 0 Å². The van der Waals surface area contributed by atoms with Gasteiger partial charge in [-0.15, -0.1) is 0 Å². The van der Waals surface area contributed by atoms with Crippen LogP contribution in [0.2, 0.25) is 0 Å². The Morgan fingerprint density at radius 1 is 1.32 bits per heavy atom. The summed E-state index contributed by atoms with van der Waals surface area (Å²) in [5, 5.41) is 2.80. The monoisotopic (exact) mass is 267 g/mol. The Morgan fingerprint density at radius 2 is 2.05 bits per heavy atom. The van der Waals surface area contributed by atoms with Gasteiger partial charge in [0.05, 0.1) is 12.5 Å². The molecule has 0 saturated heterocycles. The molecule has 0 aliphatic heterocycles. The lowest BCUT2D eigenvalue weighted by Crippen LogP contribution is -2.43. The van der Waals surface area contributed by atoms with Crippen molar-refractivity contribution in [1.82, 2.24) is 10.2 Å². The van der Waals surface area contributed by atoms with Gasteiger partial charge in [0.25, 0.3) is 0 Å². The second-order valence-corrected chi connectivity index (χ2v) is 5.00. The maximum absolute atomic E-state index is 12.3. The zero-order valence-electron chi connectivity index (χ0n) is 11.9. The van der Waals surface area contributed by atoms with E-state index in [9.17, 15) is 9.59 Å². The maximum Gasteiger partial charge on any atom is 0.239 e. The van der Waals surface area contributed by atoms with Gasteiger partial charge in [0, 0.05) is 19.1 Å². The minimum Gasteiger partial charge on any atom is -0.355 e. The smallest absolute Gasteiger partial charge is 0.239 e. The molecule has 1 aliphatic rings. The summed E-state index contributed by atoms with van der Waals surface area (Å²) in [6.45, 7) is 5.41. The van der Waals surface area contributed by atoms with Crippen LogP contribution in [0.4, 0.5) is 0 Å². The summed E-state index contributed by atoms with van der Waals surface area (Å²) in [6.07, 6.45) is 6.11. The first-order valence-electron chi connectivity index (χ1n) is 7.07. The number of carbonyl (C=O) groups is 2. The molecule has 2 atom stereocenters. The second kappa shape index (κ2) is 7.94. The average molecular weight is 267 g/mol. The molecule has 0 heterocycles. The van der Waals surface area contributed by atoms with Crippen molar-refractivity contribution in [2.75, 3.05) is 19.6 Å². The molecule has 19 heavy (non-hydrogen) atoms. The van der Waals surface area contributed by atoms with Crippen molar-refractivity contribution in [2.45, 2.75) is 39.2 Å². The molecule has 0 spiro atoms. The third-order valence-electron chi connectivity index (χ3n) is 3.15. The van der Waals surface area contributed by atoms with Gasteiger partial charge in [0.1, 0.15) is 0 Å². The first-order chi connectivity index (χ1) is 9.08. The van der Waals surface area contributed by atoms with E-state index in [1.807, 2.05) is 26.0 Å². The van der Waals surface area contributed by atoms with Crippen LogP contribution in [0.15, 0.2) is 12.2 Å². The standard InChI is InChI=1S/C14H25N3O2/c1-3-7-16-13(18)10-17(8-4-2)14(19)11-5-6-12(15)9-11/h5-6,11-12H,3-4,7-10,15H2,1-2H3,(H,16,18). The van der Waals surface area contributed by atoms with E-state index in [2.05, 4.69) is 5.32 Å². The number of nitrogens with one attached hydrogen (secondary N) is 1. The van der Waals surface area contributed by atoms with Gasteiger partial charge in [0.2, 0.25) is 11.8 Å². The molecule has 5 heteroatoms. The van der Waals surface area contributed by atoms with Crippen LogP contribution in [0.5, 0.6) is 0 Å². The molecule has 0 saturated carbocycles. The normalized spacial score (nSPS) is 21.4. The Bertz CT molecular complexity index is 342. The fraction of sp³-hybridized carbons (Fsp3) is 0.714. The lowest BCUT2D eigenvalue weighted by atomic mass is 10.1. The predicted molar refractivity (Wildman–Crippen MR) is 75.4 cm³/mol. The van der Waals surface area contributed by atoms with E-state index < -0.39 is 0 Å². The Morgan fingerprint density at radius 3 is 2.58 bits per heavy atom. The number of hydrogen-bond acceptors (Lipinski definition) is 3. The molecule has 0 aromatic heterocycles. The molecule has 2 amide bonds. The zero-order valence-corrected chi connectivity index (χ0v) is 11.9. The van der Waals surface area contributed by atoms with Crippen LogP contribution in [-0.2, 0) is 9.59 Å². The third-order valence-corrected chi connectivity index (χ3v) is 3.15. The van der Waals surface area contributed by atoms with Crippen molar-refractivity contribution in [1.29, 1.82) is 0 Å². The van der Waals surface area contributed by atoms with Crippen molar-refractivity contribution in [3.63, 3.8) is 0 Å². The third kappa shape index (κ3) is 5.03. The van der Waals surface area contributed by atoms with Gasteiger partial charge in [-0.25, -0.2) is 0 Å². The zero-order chi connectivity index (χ0) is 14.3. The van der Waals surface area contributed by atoms with Crippen LogP contribution in [0.1, 0.15) is 33.1 Å². The van der Waals surface area contributed by atoms with Gasteiger partial charge in [-0.05, 0) is 19.3 Å². The molecular weight excluding hydrogens is 242 g/mol. The fourth-order valence-electron chi connectivity index (χ4n) is 2.18. The number of carbonyl (C=O) groups excluding carboxylic acids is 2. The molecule has 0 aromatic rings. The molecular formula is C14H25N3O2. The molecule has 0 fully saturated rings. The molecule has 0 bridgehead atoms. The van der Waals surface area contributed by atoms with E-state index in [4.69, 9.17) is 5.73 Å². The van der Waals surface area contributed by atoms with Crippen LogP contribution in [0, 0.1) is 5.92 Å². The highest BCUT2D eigenvalue weighted by atomic mass is 16.2. The molecule has 3 N–H and O–H groups in total. The Kier molecular flexibility index (Phi) is 6.56. The number of amides is 2. The Labute approximate surface area is 115 Å². The number of rotatable bonds is 7. The van der Waals surface area contributed by atoms with Crippen molar-refractivity contribution < 1.29 is 9.59 Å². The minimum absolute atomic E-state index is 0.0118. The van der Waals surface area contributed by atoms with Gasteiger partial charge in [0.15, 0.2) is 0 Å². The molecule has 0 radical (unpaired) electrons. The number of nitrogens with zero attached hydrogens (tertiary/aromatic N) is 1. The SMILES string of the molecule is CCCNC(=O)CN(CCC)C(=O)C1C=CC(N)C1. The lowest BCUT2D eigenvalue weighted by molar-refractivity contribution is -0.138. The van der Waals surface area contributed by atoms with E-state index in [1.54, 1.807) is 4.90 Å². The lowest BCUT2D eigenvalue weighted by Gasteiger charge is -2.24. The summed E-state index contributed by atoms with van der Waals surface area (Å²) in [5.41, 5.74) is 5.77. The van der Waals surface area contributed by atoms with E-state index in [0.29, 0.717) is 19.5 Å². The van der Waals surface area contributed by atoms with Crippen LogP contribution in [-0.4, -0.2) is 42.4 Å². The number of hydrogen-bond donors (Lipinski definition) is 2. The van der Waals surface area contributed by atoms with Gasteiger partial charge in [-0.1, -0.05) is 26.0 Å². The van der Waals surface area contributed by atoms with Gasteiger partial charge < -0.3 is 16.0 Å². The average Bonchev–Trinajstić information content (AvgIpc) is 2.81. The van der Waals surface area contributed by atoms with Gasteiger partial charge in [-0.3, -0.25) is 9.59 Å². The van der Waals surface area contributed by atoms with Gasteiger partial charge >= 0.3 is 0 Å². The predicted octanol–water partition coefficient (Wildman–Crippen LogP) is 0.655. The van der Waals surface area contributed by atoms with E-state index in [-0.39, 0.29) is 30.3 Å².